The zero-order valence-electron chi connectivity index (χ0n) is 17.1. The normalized spacial score (nSPS) is 25.8. The summed E-state index contributed by atoms with van der Waals surface area (Å²) in [6, 6.07) is 12.8. The summed E-state index contributed by atoms with van der Waals surface area (Å²) in [6.45, 7) is 6.55. The van der Waals surface area contributed by atoms with Crippen LogP contribution in [-0.2, 0) is 6.54 Å². The maximum absolute atomic E-state index is 4.45. The number of nitrogens with one attached hydrogen (secondary N) is 2. The molecule has 2 saturated heterocycles. The molecular formula is C21H35IN4S. The van der Waals surface area contributed by atoms with Crippen LogP contribution in [0.15, 0.2) is 35.3 Å². The van der Waals surface area contributed by atoms with Gasteiger partial charge in [-0.3, -0.25) is 9.89 Å². The largest absolute Gasteiger partial charge is 0.355 e. The van der Waals surface area contributed by atoms with E-state index in [-0.39, 0.29) is 28.7 Å². The molecule has 0 spiro atoms. The Morgan fingerprint density at radius 3 is 2.37 bits per heavy atom. The molecule has 152 valence electrons. The molecule has 2 heterocycles. The third-order valence-corrected chi connectivity index (χ3v) is 7.14. The van der Waals surface area contributed by atoms with Gasteiger partial charge in [0.25, 0.3) is 0 Å². The topological polar surface area (TPSA) is 39.7 Å². The third-order valence-electron chi connectivity index (χ3n) is 5.89. The highest BCUT2D eigenvalue weighted by Gasteiger charge is 2.40. The molecule has 2 aliphatic heterocycles. The number of hydrogen-bond donors (Lipinski definition) is 2. The predicted molar refractivity (Wildman–Crippen MR) is 129 cm³/mol. The first-order chi connectivity index (χ1) is 12.5. The van der Waals surface area contributed by atoms with Gasteiger partial charge in [0.05, 0.1) is 0 Å². The second kappa shape index (κ2) is 10.3. The molecule has 1 aromatic carbocycles. The van der Waals surface area contributed by atoms with Gasteiger partial charge < -0.3 is 10.6 Å². The molecule has 0 aliphatic carbocycles. The van der Waals surface area contributed by atoms with Gasteiger partial charge in [-0.2, -0.15) is 11.8 Å². The smallest absolute Gasteiger partial charge is 0.191 e. The van der Waals surface area contributed by atoms with Crippen LogP contribution >= 0.6 is 35.7 Å². The minimum atomic E-state index is 0. The molecule has 0 aromatic heterocycles. The van der Waals surface area contributed by atoms with E-state index in [1.54, 1.807) is 0 Å². The lowest BCUT2D eigenvalue weighted by molar-refractivity contribution is 0.114. The fourth-order valence-corrected chi connectivity index (χ4v) is 4.42. The van der Waals surface area contributed by atoms with Crippen molar-refractivity contribution < 1.29 is 0 Å². The summed E-state index contributed by atoms with van der Waals surface area (Å²) >= 11 is 1.89. The van der Waals surface area contributed by atoms with E-state index in [1.807, 2.05) is 18.8 Å². The average molecular weight is 503 g/mol. The van der Waals surface area contributed by atoms with Crippen molar-refractivity contribution >= 4 is 41.7 Å². The van der Waals surface area contributed by atoms with Crippen LogP contribution in [-0.4, -0.2) is 53.6 Å². The number of guanidine groups is 1. The molecule has 1 aromatic rings. The molecule has 2 atom stereocenters. The minimum absolute atomic E-state index is 0. The van der Waals surface area contributed by atoms with Crippen LogP contribution < -0.4 is 10.6 Å². The second-order valence-corrected chi connectivity index (χ2v) is 9.76. The Balaban J connectivity index is 0.00000261. The molecule has 0 radical (unpaired) electrons. The maximum atomic E-state index is 4.45. The van der Waals surface area contributed by atoms with E-state index in [0.29, 0.717) is 18.1 Å². The highest BCUT2D eigenvalue weighted by molar-refractivity contribution is 14.0. The number of nitrogens with zero attached hydrogens (tertiary/aromatic N) is 2. The number of piperidine rings is 1. The van der Waals surface area contributed by atoms with Crippen molar-refractivity contribution in [2.24, 2.45) is 4.99 Å². The zero-order chi connectivity index (χ0) is 18.6. The van der Waals surface area contributed by atoms with Crippen LogP contribution in [0.5, 0.6) is 0 Å². The van der Waals surface area contributed by atoms with Crippen molar-refractivity contribution in [3.63, 3.8) is 0 Å². The van der Waals surface area contributed by atoms with Crippen LogP contribution in [0.25, 0.3) is 0 Å². The second-order valence-electron chi connectivity index (χ2n) is 8.25. The van der Waals surface area contributed by atoms with E-state index in [2.05, 4.69) is 71.0 Å². The number of aliphatic imine (C=N–C) groups is 1. The van der Waals surface area contributed by atoms with Crippen molar-refractivity contribution in [2.75, 3.05) is 19.8 Å². The fourth-order valence-electron chi connectivity index (χ4n) is 4.20. The summed E-state index contributed by atoms with van der Waals surface area (Å²) in [6.07, 6.45) is 7.27. The fraction of sp³-hybridized carbons (Fsp3) is 0.667. The van der Waals surface area contributed by atoms with E-state index in [4.69, 9.17) is 0 Å². The van der Waals surface area contributed by atoms with Crippen molar-refractivity contribution in [1.82, 2.24) is 15.5 Å². The maximum Gasteiger partial charge on any atom is 0.191 e. The Kier molecular flexibility index (Phi) is 8.74. The average Bonchev–Trinajstić information content (AvgIpc) is 2.88. The highest BCUT2D eigenvalue weighted by Crippen LogP contribution is 2.36. The lowest BCUT2D eigenvalue weighted by atomic mass is 9.96. The summed E-state index contributed by atoms with van der Waals surface area (Å²) in [5, 5.41) is 7.20. The first-order valence-electron chi connectivity index (χ1n) is 9.83. The van der Waals surface area contributed by atoms with Crippen LogP contribution in [0, 0.1) is 0 Å². The Morgan fingerprint density at radius 1 is 1.19 bits per heavy atom. The van der Waals surface area contributed by atoms with Gasteiger partial charge in [-0.1, -0.05) is 30.3 Å². The van der Waals surface area contributed by atoms with E-state index < -0.39 is 0 Å². The van der Waals surface area contributed by atoms with Gasteiger partial charge in [0.15, 0.2) is 5.96 Å². The Bertz CT molecular complexity index is 593. The van der Waals surface area contributed by atoms with Gasteiger partial charge in [0.2, 0.25) is 0 Å². The van der Waals surface area contributed by atoms with Gasteiger partial charge in [-0.05, 0) is 51.3 Å². The van der Waals surface area contributed by atoms with E-state index in [1.165, 1.54) is 31.2 Å². The Hall–Kier alpha value is -0.470. The standard InChI is InChI=1S/C21H34N4S.HI/c1-21(2,26-4)15-23-20(22-3)24-17-12-18-10-11-19(13-17)25(18)14-16-8-6-5-7-9-16;/h5-9,17-19H,10-15H2,1-4H3,(H2,22,23,24);1H. The summed E-state index contributed by atoms with van der Waals surface area (Å²) in [7, 11) is 1.88. The molecule has 2 bridgehead atoms. The number of halogens is 1. The summed E-state index contributed by atoms with van der Waals surface area (Å²) < 4.78 is 0.218. The molecule has 2 N–H and O–H groups in total. The van der Waals surface area contributed by atoms with Gasteiger partial charge in [-0.25, -0.2) is 0 Å². The molecule has 2 aliphatic rings. The Morgan fingerprint density at radius 2 is 1.81 bits per heavy atom. The Labute approximate surface area is 186 Å². The van der Waals surface area contributed by atoms with E-state index in [0.717, 1.165) is 19.0 Å². The van der Waals surface area contributed by atoms with E-state index in [9.17, 15) is 0 Å². The van der Waals surface area contributed by atoms with Crippen molar-refractivity contribution in [3.05, 3.63) is 35.9 Å². The van der Waals surface area contributed by atoms with Gasteiger partial charge in [0, 0.05) is 43.0 Å². The van der Waals surface area contributed by atoms with Crippen molar-refractivity contribution in [3.8, 4) is 0 Å². The molecule has 2 unspecified atom stereocenters. The van der Waals surface area contributed by atoms with Gasteiger partial charge in [-0.15, -0.1) is 24.0 Å². The number of fused-ring (bicyclic) bond motifs is 2. The molecule has 0 saturated carbocycles. The molecule has 4 nitrogen and oxygen atoms in total. The SMILES string of the molecule is CN=C(NCC(C)(C)SC)NC1CC2CCC(C1)N2Cc1ccccc1.I. The van der Waals surface area contributed by atoms with Crippen molar-refractivity contribution in [2.45, 2.75) is 68.9 Å². The summed E-state index contributed by atoms with van der Waals surface area (Å²) in [4.78, 5) is 7.18. The summed E-state index contributed by atoms with van der Waals surface area (Å²) in [5.74, 6) is 0.952. The molecule has 3 rings (SSSR count). The van der Waals surface area contributed by atoms with Crippen LogP contribution in [0.4, 0.5) is 0 Å². The van der Waals surface area contributed by atoms with Crippen LogP contribution in [0.2, 0.25) is 0 Å². The summed E-state index contributed by atoms with van der Waals surface area (Å²) in [5.41, 5.74) is 1.44. The van der Waals surface area contributed by atoms with Crippen LogP contribution in [0.3, 0.4) is 0 Å². The number of hydrogen-bond acceptors (Lipinski definition) is 3. The molecule has 27 heavy (non-hydrogen) atoms. The van der Waals surface area contributed by atoms with Gasteiger partial charge >= 0.3 is 0 Å². The molecule has 6 heteroatoms. The van der Waals surface area contributed by atoms with Crippen LogP contribution in [0.1, 0.15) is 45.1 Å². The number of thioether (sulfide) groups is 1. The van der Waals surface area contributed by atoms with Gasteiger partial charge in [0.1, 0.15) is 0 Å². The molecular weight excluding hydrogens is 467 g/mol. The highest BCUT2D eigenvalue weighted by atomic mass is 127. The quantitative estimate of drug-likeness (QED) is 0.349. The number of rotatable bonds is 6. The zero-order valence-corrected chi connectivity index (χ0v) is 20.2. The molecule has 2 fully saturated rings. The lowest BCUT2D eigenvalue weighted by Crippen LogP contribution is -2.53. The first kappa shape index (κ1) is 22.8. The molecule has 0 amide bonds. The van der Waals surface area contributed by atoms with Crippen molar-refractivity contribution in [1.29, 1.82) is 0 Å². The lowest BCUT2D eigenvalue weighted by Gasteiger charge is -2.39. The van der Waals surface area contributed by atoms with E-state index >= 15 is 0 Å². The monoisotopic (exact) mass is 502 g/mol. The third kappa shape index (κ3) is 6.26. The number of benzene rings is 1. The first-order valence-corrected chi connectivity index (χ1v) is 11.1. The predicted octanol–water partition coefficient (Wildman–Crippen LogP) is 4.11. The minimum Gasteiger partial charge on any atom is -0.355 e.